The van der Waals surface area contributed by atoms with Crippen molar-refractivity contribution in [1.29, 1.82) is 0 Å². The SMILES string of the molecule is CN(Cc1cnn(-c2ccccc2)c1)C(=O)NC1CCC(C(=O)O)CC1. The monoisotopic (exact) mass is 356 g/mol. The molecule has 2 amide bonds. The zero-order valence-corrected chi connectivity index (χ0v) is 14.8. The molecule has 1 aromatic carbocycles. The molecular formula is C19H24N4O3. The second-order valence-corrected chi connectivity index (χ2v) is 6.82. The number of carboxylic acid groups (broad SMARTS) is 1. The number of aromatic nitrogens is 2. The zero-order chi connectivity index (χ0) is 18.5. The molecule has 0 aliphatic heterocycles. The Morgan fingerprint density at radius 2 is 1.92 bits per heavy atom. The molecule has 7 heteroatoms. The predicted octanol–water partition coefficient (Wildman–Crippen LogP) is 2.66. The van der Waals surface area contributed by atoms with E-state index in [0.717, 1.165) is 11.3 Å². The third kappa shape index (κ3) is 4.41. The number of nitrogens with zero attached hydrogens (tertiary/aromatic N) is 3. The van der Waals surface area contributed by atoms with Crippen LogP contribution in [0.15, 0.2) is 42.7 Å². The van der Waals surface area contributed by atoms with Crippen LogP contribution in [0.1, 0.15) is 31.2 Å². The molecule has 0 saturated heterocycles. The van der Waals surface area contributed by atoms with Gasteiger partial charge in [-0.05, 0) is 37.8 Å². The summed E-state index contributed by atoms with van der Waals surface area (Å²) in [6.07, 6.45) is 6.33. The van der Waals surface area contributed by atoms with Crippen molar-refractivity contribution in [2.24, 2.45) is 5.92 Å². The molecule has 0 atom stereocenters. The van der Waals surface area contributed by atoms with Gasteiger partial charge < -0.3 is 15.3 Å². The molecule has 1 aliphatic carbocycles. The fourth-order valence-electron chi connectivity index (χ4n) is 3.28. The van der Waals surface area contributed by atoms with Crippen molar-refractivity contribution in [2.75, 3.05) is 7.05 Å². The van der Waals surface area contributed by atoms with Crippen LogP contribution >= 0.6 is 0 Å². The van der Waals surface area contributed by atoms with E-state index in [2.05, 4.69) is 10.4 Å². The van der Waals surface area contributed by atoms with E-state index in [9.17, 15) is 9.59 Å². The average molecular weight is 356 g/mol. The Kier molecular flexibility index (Phi) is 5.55. The lowest BCUT2D eigenvalue weighted by Crippen LogP contribution is -2.44. The molecule has 2 N–H and O–H groups in total. The molecule has 0 radical (unpaired) electrons. The number of urea groups is 1. The van der Waals surface area contributed by atoms with Crippen LogP contribution in [-0.4, -0.2) is 44.9 Å². The van der Waals surface area contributed by atoms with E-state index in [-0.39, 0.29) is 18.0 Å². The number of aliphatic carboxylic acids is 1. The first-order chi connectivity index (χ1) is 12.5. The zero-order valence-electron chi connectivity index (χ0n) is 14.8. The van der Waals surface area contributed by atoms with Crippen LogP contribution in [0, 0.1) is 5.92 Å². The highest BCUT2D eigenvalue weighted by Gasteiger charge is 2.27. The molecule has 138 valence electrons. The van der Waals surface area contributed by atoms with Gasteiger partial charge in [0.1, 0.15) is 0 Å². The first kappa shape index (κ1) is 18.0. The number of carboxylic acids is 1. The van der Waals surface area contributed by atoms with Crippen molar-refractivity contribution in [3.63, 3.8) is 0 Å². The molecule has 26 heavy (non-hydrogen) atoms. The minimum atomic E-state index is -0.734. The smallest absolute Gasteiger partial charge is 0.317 e. The molecular weight excluding hydrogens is 332 g/mol. The normalized spacial score (nSPS) is 19.7. The lowest BCUT2D eigenvalue weighted by Gasteiger charge is -2.28. The number of hydrogen-bond acceptors (Lipinski definition) is 3. The highest BCUT2D eigenvalue weighted by Crippen LogP contribution is 2.24. The molecule has 0 bridgehead atoms. The van der Waals surface area contributed by atoms with Crippen molar-refractivity contribution >= 4 is 12.0 Å². The van der Waals surface area contributed by atoms with E-state index in [1.165, 1.54) is 0 Å². The molecule has 3 rings (SSSR count). The Labute approximate surface area is 152 Å². The lowest BCUT2D eigenvalue weighted by molar-refractivity contribution is -0.142. The van der Waals surface area contributed by atoms with Gasteiger partial charge in [0, 0.05) is 24.8 Å². The molecule has 1 fully saturated rings. The molecule has 1 aromatic heterocycles. The number of nitrogens with one attached hydrogen (secondary N) is 1. The third-order valence-electron chi connectivity index (χ3n) is 4.83. The van der Waals surface area contributed by atoms with Gasteiger partial charge in [-0.15, -0.1) is 0 Å². The van der Waals surface area contributed by atoms with Crippen LogP contribution in [0.5, 0.6) is 0 Å². The summed E-state index contributed by atoms with van der Waals surface area (Å²) in [4.78, 5) is 25.0. The van der Waals surface area contributed by atoms with Gasteiger partial charge in [0.2, 0.25) is 0 Å². The van der Waals surface area contributed by atoms with Crippen molar-refractivity contribution in [3.05, 3.63) is 48.3 Å². The average Bonchev–Trinajstić information content (AvgIpc) is 3.11. The lowest BCUT2D eigenvalue weighted by atomic mass is 9.86. The highest BCUT2D eigenvalue weighted by molar-refractivity contribution is 5.74. The molecule has 2 aromatic rings. The van der Waals surface area contributed by atoms with Crippen molar-refractivity contribution in [1.82, 2.24) is 20.0 Å². The molecule has 1 aliphatic rings. The van der Waals surface area contributed by atoms with Gasteiger partial charge in [0.25, 0.3) is 0 Å². The minimum absolute atomic E-state index is 0.0487. The second-order valence-electron chi connectivity index (χ2n) is 6.82. The first-order valence-corrected chi connectivity index (χ1v) is 8.86. The third-order valence-corrected chi connectivity index (χ3v) is 4.83. The van der Waals surface area contributed by atoms with Crippen LogP contribution in [0.3, 0.4) is 0 Å². The topological polar surface area (TPSA) is 87.5 Å². The largest absolute Gasteiger partial charge is 0.481 e. The Bertz CT molecular complexity index is 751. The fraction of sp³-hybridized carbons (Fsp3) is 0.421. The van der Waals surface area contributed by atoms with Gasteiger partial charge in [0.15, 0.2) is 0 Å². The minimum Gasteiger partial charge on any atom is -0.481 e. The maximum absolute atomic E-state index is 12.4. The van der Waals surface area contributed by atoms with Crippen LogP contribution < -0.4 is 5.32 Å². The number of hydrogen-bond donors (Lipinski definition) is 2. The van der Waals surface area contributed by atoms with Gasteiger partial charge in [-0.3, -0.25) is 4.79 Å². The molecule has 1 saturated carbocycles. The van der Waals surface area contributed by atoms with E-state index < -0.39 is 5.97 Å². The molecule has 1 heterocycles. The van der Waals surface area contributed by atoms with E-state index in [4.69, 9.17) is 5.11 Å². The highest BCUT2D eigenvalue weighted by atomic mass is 16.4. The number of carbonyl (C=O) groups excluding carboxylic acids is 1. The van der Waals surface area contributed by atoms with E-state index in [1.54, 1.807) is 22.8 Å². The van der Waals surface area contributed by atoms with Crippen LogP contribution in [-0.2, 0) is 11.3 Å². The van der Waals surface area contributed by atoms with Crippen LogP contribution in [0.4, 0.5) is 4.79 Å². The number of benzene rings is 1. The number of carbonyl (C=O) groups is 2. The van der Waals surface area contributed by atoms with Gasteiger partial charge >= 0.3 is 12.0 Å². The maximum Gasteiger partial charge on any atom is 0.317 e. The van der Waals surface area contributed by atoms with Crippen LogP contribution in [0.2, 0.25) is 0 Å². The predicted molar refractivity (Wildman–Crippen MR) is 96.9 cm³/mol. The first-order valence-electron chi connectivity index (χ1n) is 8.86. The summed E-state index contributed by atoms with van der Waals surface area (Å²) in [7, 11) is 1.75. The number of para-hydroxylation sites is 1. The van der Waals surface area contributed by atoms with Gasteiger partial charge in [-0.25, -0.2) is 9.48 Å². The molecule has 0 spiro atoms. The summed E-state index contributed by atoms with van der Waals surface area (Å²) in [5.41, 5.74) is 1.92. The van der Waals surface area contributed by atoms with Gasteiger partial charge in [-0.2, -0.15) is 5.10 Å². The quantitative estimate of drug-likeness (QED) is 0.862. The van der Waals surface area contributed by atoms with E-state index >= 15 is 0 Å². The Morgan fingerprint density at radius 1 is 1.23 bits per heavy atom. The molecule has 0 unspecified atom stereocenters. The van der Waals surface area contributed by atoms with Crippen molar-refractivity contribution in [2.45, 2.75) is 38.3 Å². The van der Waals surface area contributed by atoms with Gasteiger partial charge in [-0.1, -0.05) is 18.2 Å². The maximum atomic E-state index is 12.4. The summed E-state index contributed by atoms with van der Waals surface area (Å²) >= 11 is 0. The summed E-state index contributed by atoms with van der Waals surface area (Å²) < 4.78 is 1.79. The Hall–Kier alpha value is -2.83. The van der Waals surface area contributed by atoms with E-state index in [0.29, 0.717) is 32.2 Å². The van der Waals surface area contributed by atoms with Gasteiger partial charge in [0.05, 0.1) is 24.3 Å². The van der Waals surface area contributed by atoms with Crippen molar-refractivity contribution < 1.29 is 14.7 Å². The number of rotatable bonds is 5. The van der Waals surface area contributed by atoms with Crippen molar-refractivity contribution in [3.8, 4) is 5.69 Å². The fourth-order valence-corrected chi connectivity index (χ4v) is 3.28. The summed E-state index contributed by atoms with van der Waals surface area (Å²) in [6.45, 7) is 0.461. The second kappa shape index (κ2) is 8.03. The summed E-state index contributed by atoms with van der Waals surface area (Å²) in [5, 5.41) is 16.4. The van der Waals surface area contributed by atoms with E-state index in [1.807, 2.05) is 36.5 Å². The molecule has 7 nitrogen and oxygen atoms in total. The number of amides is 2. The summed E-state index contributed by atoms with van der Waals surface area (Å²) in [6, 6.07) is 9.71. The summed E-state index contributed by atoms with van der Waals surface area (Å²) in [5.74, 6) is -1.01. The Balaban J connectivity index is 1.50. The standard InChI is InChI=1S/C19H24N4O3/c1-22(19(26)21-16-9-7-15(8-10-16)18(24)25)12-14-11-20-23(13-14)17-5-3-2-4-6-17/h2-6,11,13,15-16H,7-10,12H2,1H3,(H,21,26)(H,24,25). The Morgan fingerprint density at radius 3 is 2.58 bits per heavy atom. The van der Waals surface area contributed by atoms with Crippen LogP contribution in [0.25, 0.3) is 5.69 Å².